The van der Waals surface area contributed by atoms with Crippen LogP contribution in [0.1, 0.15) is 38.6 Å². The number of ether oxygens (including phenoxy) is 1. The van der Waals surface area contributed by atoms with Crippen molar-refractivity contribution in [3.05, 3.63) is 5.82 Å². The fourth-order valence-corrected chi connectivity index (χ4v) is 2.91. The summed E-state index contributed by atoms with van der Waals surface area (Å²) >= 11 is 0. The molecule has 0 bridgehead atoms. The summed E-state index contributed by atoms with van der Waals surface area (Å²) in [6, 6.07) is -0.0651. The average Bonchev–Trinajstić information content (AvgIpc) is 2.85. The zero-order valence-electron chi connectivity index (χ0n) is 10.5. The summed E-state index contributed by atoms with van der Waals surface area (Å²) in [6.07, 6.45) is 2.67. The molecule has 0 amide bonds. The fraction of sp³-hybridized carbons (Fsp3) is 0.800. The topological polar surface area (TPSA) is 100 Å². The SMILES string of the molecule is CC(C)n1c(CC2CCCO2)nnc1S(N)(=O)=O. The normalized spacial score (nSPS) is 20.8. The molecule has 1 aliphatic heterocycles. The van der Waals surface area contributed by atoms with Gasteiger partial charge in [0.25, 0.3) is 15.2 Å². The number of sulfonamides is 1. The Bertz CT molecular complexity index is 517. The lowest BCUT2D eigenvalue weighted by Crippen LogP contribution is -2.22. The first-order valence-corrected chi connectivity index (χ1v) is 7.52. The molecule has 1 unspecified atom stereocenters. The lowest BCUT2D eigenvalue weighted by molar-refractivity contribution is 0.108. The predicted octanol–water partition coefficient (Wildman–Crippen LogP) is 0.228. The molecular weight excluding hydrogens is 256 g/mol. The average molecular weight is 274 g/mol. The Balaban J connectivity index is 2.33. The van der Waals surface area contributed by atoms with Crippen LogP contribution in [-0.4, -0.2) is 35.9 Å². The van der Waals surface area contributed by atoms with Gasteiger partial charge >= 0.3 is 0 Å². The molecule has 7 nitrogen and oxygen atoms in total. The highest BCUT2D eigenvalue weighted by molar-refractivity contribution is 7.89. The minimum absolute atomic E-state index is 0.0651. The summed E-state index contributed by atoms with van der Waals surface area (Å²) < 4.78 is 30.0. The molecule has 102 valence electrons. The lowest BCUT2D eigenvalue weighted by Gasteiger charge is -2.14. The zero-order valence-corrected chi connectivity index (χ0v) is 11.4. The molecule has 2 heterocycles. The summed E-state index contributed by atoms with van der Waals surface area (Å²) in [5, 5.41) is 12.6. The third-order valence-electron chi connectivity index (χ3n) is 2.94. The third-order valence-corrected chi connectivity index (χ3v) is 3.73. The first kappa shape index (κ1) is 13.4. The highest BCUT2D eigenvalue weighted by Gasteiger charge is 2.26. The van der Waals surface area contributed by atoms with Crippen LogP contribution in [0.5, 0.6) is 0 Å². The first-order valence-electron chi connectivity index (χ1n) is 5.97. The Morgan fingerprint density at radius 1 is 1.50 bits per heavy atom. The van der Waals surface area contributed by atoms with Crippen LogP contribution in [0.3, 0.4) is 0 Å². The predicted molar refractivity (Wildman–Crippen MR) is 64.5 cm³/mol. The van der Waals surface area contributed by atoms with Gasteiger partial charge in [0, 0.05) is 19.1 Å². The van der Waals surface area contributed by atoms with E-state index in [1.54, 1.807) is 4.57 Å². The van der Waals surface area contributed by atoms with Gasteiger partial charge in [-0.3, -0.25) is 4.57 Å². The van der Waals surface area contributed by atoms with Gasteiger partial charge in [0.15, 0.2) is 0 Å². The van der Waals surface area contributed by atoms with Gasteiger partial charge in [0.05, 0.1) is 6.10 Å². The Labute approximate surface area is 106 Å². The van der Waals surface area contributed by atoms with Crippen molar-refractivity contribution in [3.8, 4) is 0 Å². The maximum atomic E-state index is 11.4. The van der Waals surface area contributed by atoms with Gasteiger partial charge in [-0.1, -0.05) is 0 Å². The van der Waals surface area contributed by atoms with Gasteiger partial charge in [0.2, 0.25) is 0 Å². The van der Waals surface area contributed by atoms with Crippen LogP contribution in [0, 0.1) is 0 Å². The number of nitrogens with zero attached hydrogens (tertiary/aromatic N) is 3. The van der Waals surface area contributed by atoms with E-state index in [4.69, 9.17) is 9.88 Å². The molecule has 1 saturated heterocycles. The summed E-state index contributed by atoms with van der Waals surface area (Å²) in [5.74, 6) is 0.612. The minimum Gasteiger partial charge on any atom is -0.378 e. The van der Waals surface area contributed by atoms with Crippen molar-refractivity contribution in [2.45, 2.75) is 50.4 Å². The van der Waals surface area contributed by atoms with Gasteiger partial charge in [0.1, 0.15) is 5.82 Å². The van der Waals surface area contributed by atoms with E-state index in [0.29, 0.717) is 12.2 Å². The van der Waals surface area contributed by atoms with Crippen LogP contribution in [0.4, 0.5) is 0 Å². The summed E-state index contributed by atoms with van der Waals surface area (Å²) in [5.41, 5.74) is 0. The molecule has 1 aromatic rings. The van der Waals surface area contributed by atoms with Crippen LogP contribution in [0.2, 0.25) is 0 Å². The molecule has 1 atom stereocenters. The van der Waals surface area contributed by atoms with E-state index in [2.05, 4.69) is 10.2 Å². The second kappa shape index (κ2) is 4.94. The number of rotatable bonds is 4. The van der Waals surface area contributed by atoms with Gasteiger partial charge in [-0.15, -0.1) is 10.2 Å². The fourth-order valence-electron chi connectivity index (χ4n) is 2.17. The molecular formula is C10H18N4O3S. The monoisotopic (exact) mass is 274 g/mol. The van der Waals surface area contributed by atoms with Crippen LogP contribution in [0.25, 0.3) is 0 Å². The third kappa shape index (κ3) is 2.70. The minimum atomic E-state index is -3.84. The van der Waals surface area contributed by atoms with Crippen molar-refractivity contribution in [1.82, 2.24) is 14.8 Å². The highest BCUT2D eigenvalue weighted by atomic mass is 32.2. The maximum Gasteiger partial charge on any atom is 0.273 e. The quantitative estimate of drug-likeness (QED) is 0.847. The van der Waals surface area contributed by atoms with Crippen molar-refractivity contribution in [2.24, 2.45) is 5.14 Å². The Morgan fingerprint density at radius 2 is 2.22 bits per heavy atom. The van der Waals surface area contributed by atoms with Crippen LogP contribution in [0.15, 0.2) is 5.16 Å². The van der Waals surface area contributed by atoms with Gasteiger partial charge in [-0.25, -0.2) is 13.6 Å². The first-order chi connectivity index (χ1) is 8.39. The molecule has 0 aromatic carbocycles. The largest absolute Gasteiger partial charge is 0.378 e. The van der Waals surface area contributed by atoms with Crippen molar-refractivity contribution in [3.63, 3.8) is 0 Å². The van der Waals surface area contributed by atoms with Crippen molar-refractivity contribution < 1.29 is 13.2 Å². The van der Waals surface area contributed by atoms with E-state index >= 15 is 0 Å². The molecule has 0 aliphatic carbocycles. The van der Waals surface area contributed by atoms with Crippen LogP contribution in [-0.2, 0) is 21.2 Å². The van der Waals surface area contributed by atoms with Crippen LogP contribution >= 0.6 is 0 Å². The standard InChI is InChI=1S/C10H18N4O3S/c1-7(2)14-9(6-8-4-3-5-17-8)12-13-10(14)18(11,15)16/h7-8H,3-6H2,1-2H3,(H2,11,15,16). The number of hydrogen-bond acceptors (Lipinski definition) is 5. The Morgan fingerprint density at radius 3 is 2.72 bits per heavy atom. The summed E-state index contributed by atoms with van der Waals surface area (Å²) in [6.45, 7) is 4.50. The molecule has 1 fully saturated rings. The number of aromatic nitrogens is 3. The van der Waals surface area contributed by atoms with E-state index in [1.165, 1.54) is 0 Å². The van der Waals surface area contributed by atoms with Gasteiger partial charge < -0.3 is 4.74 Å². The van der Waals surface area contributed by atoms with Crippen molar-refractivity contribution >= 4 is 10.0 Å². The highest BCUT2D eigenvalue weighted by Crippen LogP contribution is 2.20. The van der Waals surface area contributed by atoms with E-state index in [9.17, 15) is 8.42 Å². The van der Waals surface area contributed by atoms with Crippen molar-refractivity contribution in [1.29, 1.82) is 0 Å². The maximum absolute atomic E-state index is 11.4. The molecule has 1 aromatic heterocycles. The molecule has 0 saturated carbocycles. The zero-order chi connectivity index (χ0) is 13.3. The van der Waals surface area contributed by atoms with E-state index in [0.717, 1.165) is 19.4 Å². The molecule has 1 aliphatic rings. The molecule has 2 rings (SSSR count). The summed E-state index contributed by atoms with van der Waals surface area (Å²) in [4.78, 5) is 0. The second-order valence-corrected chi connectivity index (χ2v) is 6.20. The van der Waals surface area contributed by atoms with Gasteiger partial charge in [-0.05, 0) is 26.7 Å². The van der Waals surface area contributed by atoms with E-state index in [1.807, 2.05) is 13.8 Å². The Kier molecular flexibility index (Phi) is 3.69. The molecule has 18 heavy (non-hydrogen) atoms. The smallest absolute Gasteiger partial charge is 0.273 e. The molecule has 2 N–H and O–H groups in total. The molecule has 8 heteroatoms. The number of hydrogen-bond donors (Lipinski definition) is 1. The second-order valence-electron chi connectivity index (χ2n) is 4.75. The van der Waals surface area contributed by atoms with E-state index in [-0.39, 0.29) is 17.3 Å². The van der Waals surface area contributed by atoms with E-state index < -0.39 is 10.0 Å². The van der Waals surface area contributed by atoms with Crippen molar-refractivity contribution in [2.75, 3.05) is 6.61 Å². The number of nitrogens with two attached hydrogens (primary N) is 1. The molecule has 0 radical (unpaired) electrons. The molecule has 0 spiro atoms. The Hall–Kier alpha value is -0.990. The lowest BCUT2D eigenvalue weighted by atomic mass is 10.2. The van der Waals surface area contributed by atoms with Gasteiger partial charge in [-0.2, -0.15) is 0 Å². The number of primary sulfonamides is 1. The van der Waals surface area contributed by atoms with Crippen LogP contribution < -0.4 is 5.14 Å². The summed E-state index contributed by atoms with van der Waals surface area (Å²) in [7, 11) is -3.84.